The molecule has 4 heteroatoms. The zero-order valence-electron chi connectivity index (χ0n) is 8.30. The molecule has 0 bridgehead atoms. The Hall–Kier alpha value is -0.610. The van der Waals surface area contributed by atoms with Crippen LogP contribution in [0.2, 0.25) is 0 Å². The van der Waals surface area contributed by atoms with Gasteiger partial charge in [-0.05, 0) is 13.5 Å². The lowest BCUT2D eigenvalue weighted by atomic mass is 10.1. The molecular weight excluding hydrogens is 168 g/mol. The molecule has 76 valence electrons. The van der Waals surface area contributed by atoms with Crippen LogP contribution in [-0.4, -0.2) is 38.8 Å². The van der Waals surface area contributed by atoms with Crippen LogP contribution in [0.15, 0.2) is 0 Å². The van der Waals surface area contributed by atoms with E-state index in [0.717, 1.165) is 19.6 Å². The van der Waals surface area contributed by atoms with Crippen LogP contribution < -0.4 is 10.6 Å². The number of ether oxygens (including phenoxy) is 1. The Bertz CT molecular complexity index is 167. The molecule has 0 radical (unpaired) electrons. The predicted molar refractivity (Wildman–Crippen MR) is 50.5 cm³/mol. The maximum Gasteiger partial charge on any atom is 0.224 e. The molecule has 0 aromatic heterocycles. The minimum Gasteiger partial charge on any atom is -0.379 e. The summed E-state index contributed by atoms with van der Waals surface area (Å²) in [6, 6.07) is 0.229. The third-order valence-electron chi connectivity index (χ3n) is 2.23. The lowest BCUT2D eigenvalue weighted by molar-refractivity contribution is -0.125. The van der Waals surface area contributed by atoms with Crippen molar-refractivity contribution < 1.29 is 9.53 Å². The molecule has 1 saturated heterocycles. The summed E-state index contributed by atoms with van der Waals surface area (Å²) in [4.78, 5) is 11.5. The molecule has 13 heavy (non-hydrogen) atoms. The highest BCUT2D eigenvalue weighted by Gasteiger charge is 2.20. The normalized spacial score (nSPS) is 24.3. The van der Waals surface area contributed by atoms with Gasteiger partial charge in [0.25, 0.3) is 0 Å². The lowest BCUT2D eigenvalue weighted by Crippen LogP contribution is -2.40. The van der Waals surface area contributed by atoms with Crippen molar-refractivity contribution in [3.63, 3.8) is 0 Å². The van der Waals surface area contributed by atoms with Gasteiger partial charge in [-0.2, -0.15) is 0 Å². The maximum absolute atomic E-state index is 11.5. The number of nitrogens with one attached hydrogen (secondary N) is 2. The second-order valence-corrected chi connectivity index (χ2v) is 3.53. The van der Waals surface area contributed by atoms with Crippen LogP contribution in [0, 0.1) is 5.92 Å². The van der Waals surface area contributed by atoms with Crippen LogP contribution in [0.3, 0.4) is 0 Å². The first kappa shape index (κ1) is 10.5. The van der Waals surface area contributed by atoms with E-state index in [1.165, 1.54) is 0 Å². The molecule has 0 saturated carbocycles. The summed E-state index contributed by atoms with van der Waals surface area (Å²) in [7, 11) is 1.85. The molecule has 2 N–H and O–H groups in total. The van der Waals surface area contributed by atoms with E-state index in [2.05, 4.69) is 10.6 Å². The van der Waals surface area contributed by atoms with Crippen molar-refractivity contribution in [2.75, 3.05) is 26.8 Å². The molecular formula is C9H18N2O2. The number of amides is 1. The number of carbonyl (C=O) groups excluding carboxylic acids is 1. The van der Waals surface area contributed by atoms with Crippen molar-refractivity contribution in [2.45, 2.75) is 19.4 Å². The molecule has 0 aliphatic carbocycles. The molecule has 0 aromatic carbocycles. The molecule has 1 aliphatic heterocycles. The zero-order valence-corrected chi connectivity index (χ0v) is 8.30. The highest BCUT2D eigenvalue weighted by molar-refractivity contribution is 5.78. The Morgan fingerprint density at radius 2 is 2.46 bits per heavy atom. The molecule has 1 fully saturated rings. The van der Waals surface area contributed by atoms with Gasteiger partial charge in [0, 0.05) is 19.1 Å². The van der Waals surface area contributed by atoms with E-state index in [-0.39, 0.29) is 17.9 Å². The Morgan fingerprint density at radius 3 is 3.00 bits per heavy atom. The summed E-state index contributed by atoms with van der Waals surface area (Å²) in [6.07, 6.45) is 0.942. The van der Waals surface area contributed by atoms with Gasteiger partial charge in [0.1, 0.15) is 0 Å². The Labute approximate surface area is 79.0 Å². The van der Waals surface area contributed by atoms with Crippen molar-refractivity contribution in [1.29, 1.82) is 0 Å². The highest BCUT2D eigenvalue weighted by atomic mass is 16.5. The fourth-order valence-corrected chi connectivity index (χ4v) is 1.39. The van der Waals surface area contributed by atoms with Gasteiger partial charge >= 0.3 is 0 Å². The molecule has 4 nitrogen and oxygen atoms in total. The average Bonchev–Trinajstić information content (AvgIpc) is 2.57. The van der Waals surface area contributed by atoms with Crippen molar-refractivity contribution in [3.05, 3.63) is 0 Å². The summed E-state index contributed by atoms with van der Waals surface area (Å²) in [5.74, 6) is 0.149. The van der Waals surface area contributed by atoms with Gasteiger partial charge in [0.15, 0.2) is 0 Å². The van der Waals surface area contributed by atoms with Crippen LogP contribution >= 0.6 is 0 Å². The molecule has 0 aromatic rings. The summed E-state index contributed by atoms with van der Waals surface area (Å²) in [6.45, 7) is 4.07. The highest BCUT2D eigenvalue weighted by Crippen LogP contribution is 2.04. The lowest BCUT2D eigenvalue weighted by Gasteiger charge is -2.15. The van der Waals surface area contributed by atoms with Gasteiger partial charge in [-0.25, -0.2) is 0 Å². The van der Waals surface area contributed by atoms with Crippen molar-refractivity contribution in [1.82, 2.24) is 10.6 Å². The molecule has 2 atom stereocenters. The molecule has 1 heterocycles. The van der Waals surface area contributed by atoms with Crippen LogP contribution in [0.25, 0.3) is 0 Å². The van der Waals surface area contributed by atoms with Crippen molar-refractivity contribution in [3.8, 4) is 0 Å². The van der Waals surface area contributed by atoms with Gasteiger partial charge in [0.2, 0.25) is 5.91 Å². The van der Waals surface area contributed by atoms with E-state index >= 15 is 0 Å². The second-order valence-electron chi connectivity index (χ2n) is 3.53. The quantitative estimate of drug-likeness (QED) is 0.636. The van der Waals surface area contributed by atoms with Gasteiger partial charge in [0.05, 0.1) is 12.6 Å². The second kappa shape index (κ2) is 5.19. The monoisotopic (exact) mass is 186 g/mol. The summed E-state index contributed by atoms with van der Waals surface area (Å²) in [5, 5.41) is 5.94. The van der Waals surface area contributed by atoms with E-state index in [1.807, 2.05) is 14.0 Å². The summed E-state index contributed by atoms with van der Waals surface area (Å²) in [5.41, 5.74) is 0. The Morgan fingerprint density at radius 1 is 1.69 bits per heavy atom. The average molecular weight is 186 g/mol. The molecule has 0 spiro atoms. The molecule has 2 unspecified atom stereocenters. The standard InChI is InChI=1S/C9H18N2O2/c1-7(5-10-2)9(12)11-8-3-4-13-6-8/h7-8,10H,3-6H2,1-2H3,(H,11,12). The van der Waals surface area contributed by atoms with Crippen molar-refractivity contribution in [2.24, 2.45) is 5.92 Å². The SMILES string of the molecule is CNCC(C)C(=O)NC1CCOC1. The van der Waals surface area contributed by atoms with Crippen LogP contribution in [-0.2, 0) is 9.53 Å². The smallest absolute Gasteiger partial charge is 0.224 e. The molecule has 1 amide bonds. The fourth-order valence-electron chi connectivity index (χ4n) is 1.39. The Kier molecular flexibility index (Phi) is 4.18. The minimum atomic E-state index is 0.0330. The number of hydrogen-bond donors (Lipinski definition) is 2. The molecule has 1 rings (SSSR count). The van der Waals surface area contributed by atoms with E-state index in [1.54, 1.807) is 0 Å². The number of hydrogen-bond acceptors (Lipinski definition) is 3. The third kappa shape index (κ3) is 3.32. The maximum atomic E-state index is 11.5. The van der Waals surface area contributed by atoms with Gasteiger partial charge in [-0.1, -0.05) is 6.92 Å². The fraction of sp³-hybridized carbons (Fsp3) is 0.889. The number of rotatable bonds is 4. The largest absolute Gasteiger partial charge is 0.379 e. The summed E-state index contributed by atoms with van der Waals surface area (Å²) >= 11 is 0. The third-order valence-corrected chi connectivity index (χ3v) is 2.23. The van der Waals surface area contributed by atoms with Gasteiger partial charge in [-0.15, -0.1) is 0 Å². The first-order valence-corrected chi connectivity index (χ1v) is 4.76. The topological polar surface area (TPSA) is 50.4 Å². The first-order valence-electron chi connectivity index (χ1n) is 4.76. The van der Waals surface area contributed by atoms with E-state index in [9.17, 15) is 4.79 Å². The van der Waals surface area contributed by atoms with E-state index < -0.39 is 0 Å². The van der Waals surface area contributed by atoms with Gasteiger partial charge in [-0.3, -0.25) is 4.79 Å². The van der Waals surface area contributed by atoms with Crippen LogP contribution in [0.5, 0.6) is 0 Å². The Balaban J connectivity index is 2.22. The van der Waals surface area contributed by atoms with Crippen LogP contribution in [0.1, 0.15) is 13.3 Å². The van der Waals surface area contributed by atoms with E-state index in [4.69, 9.17) is 4.74 Å². The van der Waals surface area contributed by atoms with Crippen molar-refractivity contribution >= 4 is 5.91 Å². The molecule has 1 aliphatic rings. The summed E-state index contributed by atoms with van der Waals surface area (Å²) < 4.78 is 5.17. The number of carbonyl (C=O) groups is 1. The zero-order chi connectivity index (χ0) is 9.68. The van der Waals surface area contributed by atoms with E-state index in [0.29, 0.717) is 6.61 Å². The predicted octanol–water partition coefficient (Wildman–Crippen LogP) is -0.253. The minimum absolute atomic E-state index is 0.0330. The first-order chi connectivity index (χ1) is 6.24. The van der Waals surface area contributed by atoms with Crippen LogP contribution in [0.4, 0.5) is 0 Å². The van der Waals surface area contributed by atoms with Gasteiger partial charge < -0.3 is 15.4 Å².